The summed E-state index contributed by atoms with van der Waals surface area (Å²) in [6.07, 6.45) is 6.93. The molecule has 0 aliphatic rings. The normalized spacial score (nSPS) is 12.6. The molecule has 0 saturated heterocycles. The number of esters is 1. The summed E-state index contributed by atoms with van der Waals surface area (Å²) in [6, 6.07) is 6.92. The second-order valence-corrected chi connectivity index (χ2v) is 6.27. The zero-order valence-corrected chi connectivity index (χ0v) is 14.6. The summed E-state index contributed by atoms with van der Waals surface area (Å²) in [5, 5.41) is 9.71. The smallest absolute Gasteiger partial charge is 0.333 e. The fourth-order valence-electron chi connectivity index (χ4n) is 2.17. The van der Waals surface area contributed by atoms with Crippen molar-refractivity contribution in [1.29, 1.82) is 0 Å². The first-order chi connectivity index (χ1) is 10.9. The van der Waals surface area contributed by atoms with Gasteiger partial charge in [0.15, 0.2) is 0 Å². The second-order valence-electron chi connectivity index (χ2n) is 6.27. The molecule has 3 nitrogen and oxygen atoms in total. The van der Waals surface area contributed by atoms with Crippen molar-refractivity contribution < 1.29 is 14.6 Å². The SMILES string of the molecule is CC(C)=CCCC(C)CCOC(=O)C(C)=Cc1ccccc1O. The number of ether oxygens (including phenoxy) is 1. The number of allylic oxidation sites excluding steroid dienone is 2. The molecule has 126 valence electrons. The quantitative estimate of drug-likeness (QED) is 0.412. The molecule has 1 aromatic rings. The number of hydrogen-bond acceptors (Lipinski definition) is 3. The number of carbonyl (C=O) groups is 1. The zero-order chi connectivity index (χ0) is 17.2. The van der Waals surface area contributed by atoms with E-state index in [2.05, 4.69) is 26.8 Å². The van der Waals surface area contributed by atoms with E-state index < -0.39 is 0 Å². The Kier molecular flexibility index (Phi) is 8.17. The Morgan fingerprint density at radius 2 is 1.91 bits per heavy atom. The maximum atomic E-state index is 12.0. The standard InChI is InChI=1S/C20H28O3/c1-15(2)8-7-9-16(3)12-13-23-20(22)17(4)14-18-10-5-6-11-19(18)21/h5-6,8,10-11,14,16,21H,7,9,12-13H2,1-4H3. The van der Waals surface area contributed by atoms with Crippen LogP contribution in [-0.2, 0) is 9.53 Å². The van der Waals surface area contributed by atoms with Gasteiger partial charge in [0.25, 0.3) is 0 Å². The lowest BCUT2D eigenvalue weighted by atomic mass is 10.0. The van der Waals surface area contributed by atoms with Crippen LogP contribution in [0, 0.1) is 5.92 Å². The van der Waals surface area contributed by atoms with Gasteiger partial charge in [0.1, 0.15) is 5.75 Å². The van der Waals surface area contributed by atoms with Crippen LogP contribution in [0.2, 0.25) is 0 Å². The van der Waals surface area contributed by atoms with E-state index in [4.69, 9.17) is 4.74 Å². The Morgan fingerprint density at radius 1 is 1.22 bits per heavy atom. The highest BCUT2D eigenvalue weighted by molar-refractivity contribution is 5.93. The van der Waals surface area contributed by atoms with Gasteiger partial charge < -0.3 is 9.84 Å². The fourth-order valence-corrected chi connectivity index (χ4v) is 2.17. The number of aromatic hydroxyl groups is 1. The van der Waals surface area contributed by atoms with Crippen LogP contribution < -0.4 is 0 Å². The summed E-state index contributed by atoms with van der Waals surface area (Å²) >= 11 is 0. The highest BCUT2D eigenvalue weighted by Crippen LogP contribution is 2.19. The summed E-state index contributed by atoms with van der Waals surface area (Å²) in [6.45, 7) is 8.52. The van der Waals surface area contributed by atoms with Gasteiger partial charge in [0.2, 0.25) is 0 Å². The number of carbonyl (C=O) groups excluding carboxylic acids is 1. The first-order valence-corrected chi connectivity index (χ1v) is 8.17. The second kappa shape index (κ2) is 9.88. The van der Waals surface area contributed by atoms with Crippen molar-refractivity contribution in [2.24, 2.45) is 5.92 Å². The Hall–Kier alpha value is -2.03. The Labute approximate surface area is 139 Å². The first-order valence-electron chi connectivity index (χ1n) is 8.17. The predicted molar refractivity (Wildman–Crippen MR) is 95.2 cm³/mol. The van der Waals surface area contributed by atoms with Gasteiger partial charge in [0, 0.05) is 11.1 Å². The third kappa shape index (κ3) is 7.68. The van der Waals surface area contributed by atoms with E-state index in [1.54, 1.807) is 31.2 Å². The molecule has 0 spiro atoms. The van der Waals surface area contributed by atoms with Gasteiger partial charge in [-0.25, -0.2) is 4.79 Å². The molecular weight excluding hydrogens is 288 g/mol. The molecule has 0 aromatic heterocycles. The van der Waals surface area contributed by atoms with Gasteiger partial charge in [0.05, 0.1) is 6.61 Å². The zero-order valence-electron chi connectivity index (χ0n) is 14.6. The average Bonchev–Trinajstić information content (AvgIpc) is 2.49. The summed E-state index contributed by atoms with van der Waals surface area (Å²) < 4.78 is 5.31. The van der Waals surface area contributed by atoms with Crippen molar-refractivity contribution in [1.82, 2.24) is 0 Å². The monoisotopic (exact) mass is 316 g/mol. The summed E-state index contributed by atoms with van der Waals surface area (Å²) in [7, 11) is 0. The minimum Gasteiger partial charge on any atom is -0.507 e. The maximum absolute atomic E-state index is 12.0. The van der Waals surface area contributed by atoms with E-state index in [-0.39, 0.29) is 11.7 Å². The van der Waals surface area contributed by atoms with E-state index >= 15 is 0 Å². The molecule has 1 unspecified atom stereocenters. The summed E-state index contributed by atoms with van der Waals surface area (Å²) in [4.78, 5) is 12.0. The van der Waals surface area contributed by atoms with Crippen molar-refractivity contribution in [2.75, 3.05) is 6.61 Å². The van der Waals surface area contributed by atoms with Gasteiger partial charge in [-0.3, -0.25) is 0 Å². The molecule has 1 aromatic carbocycles. The van der Waals surface area contributed by atoms with Crippen LogP contribution in [0.4, 0.5) is 0 Å². The van der Waals surface area contributed by atoms with E-state index in [9.17, 15) is 9.90 Å². The number of para-hydroxylation sites is 1. The summed E-state index contributed by atoms with van der Waals surface area (Å²) in [5.74, 6) is 0.359. The predicted octanol–water partition coefficient (Wildman–Crippen LogP) is 5.11. The molecule has 1 N–H and O–H groups in total. The number of hydrogen-bond donors (Lipinski definition) is 1. The van der Waals surface area contributed by atoms with Crippen LogP contribution in [0.15, 0.2) is 41.5 Å². The molecular formula is C20H28O3. The largest absolute Gasteiger partial charge is 0.507 e. The molecule has 1 rings (SSSR count). The molecule has 0 heterocycles. The molecule has 23 heavy (non-hydrogen) atoms. The van der Waals surface area contributed by atoms with E-state index in [0.717, 1.165) is 19.3 Å². The first kappa shape index (κ1) is 19.0. The van der Waals surface area contributed by atoms with Crippen molar-refractivity contribution in [3.63, 3.8) is 0 Å². The van der Waals surface area contributed by atoms with Crippen LogP contribution in [0.1, 0.15) is 52.5 Å². The number of phenols is 1. The van der Waals surface area contributed by atoms with Crippen molar-refractivity contribution in [3.8, 4) is 5.75 Å². The number of phenolic OH excluding ortho intramolecular Hbond substituents is 1. The van der Waals surface area contributed by atoms with Gasteiger partial charge in [-0.15, -0.1) is 0 Å². The van der Waals surface area contributed by atoms with Crippen molar-refractivity contribution in [2.45, 2.75) is 47.0 Å². The van der Waals surface area contributed by atoms with Crippen molar-refractivity contribution >= 4 is 12.0 Å². The lowest BCUT2D eigenvalue weighted by Crippen LogP contribution is -2.09. The third-order valence-electron chi connectivity index (χ3n) is 3.69. The molecule has 0 aliphatic carbocycles. The van der Waals surface area contributed by atoms with Crippen LogP contribution >= 0.6 is 0 Å². The summed E-state index contributed by atoms with van der Waals surface area (Å²) in [5.41, 5.74) is 2.45. The minimum absolute atomic E-state index is 0.160. The molecule has 0 amide bonds. The van der Waals surface area contributed by atoms with Crippen LogP contribution in [-0.4, -0.2) is 17.7 Å². The van der Waals surface area contributed by atoms with Gasteiger partial charge >= 0.3 is 5.97 Å². The van der Waals surface area contributed by atoms with Crippen LogP contribution in [0.5, 0.6) is 5.75 Å². The topological polar surface area (TPSA) is 46.5 Å². The van der Waals surface area contributed by atoms with E-state index in [1.807, 2.05) is 6.07 Å². The Morgan fingerprint density at radius 3 is 2.57 bits per heavy atom. The number of rotatable bonds is 8. The lowest BCUT2D eigenvalue weighted by Gasteiger charge is -2.11. The Balaban J connectivity index is 2.39. The molecule has 0 saturated carbocycles. The lowest BCUT2D eigenvalue weighted by molar-refractivity contribution is -0.139. The van der Waals surface area contributed by atoms with Crippen molar-refractivity contribution in [3.05, 3.63) is 47.1 Å². The number of benzene rings is 1. The van der Waals surface area contributed by atoms with E-state index in [1.165, 1.54) is 5.57 Å². The highest BCUT2D eigenvalue weighted by atomic mass is 16.5. The molecule has 0 aliphatic heterocycles. The third-order valence-corrected chi connectivity index (χ3v) is 3.69. The van der Waals surface area contributed by atoms with Gasteiger partial charge in [-0.1, -0.05) is 36.8 Å². The Bertz CT molecular complexity index is 566. The average molecular weight is 316 g/mol. The maximum Gasteiger partial charge on any atom is 0.333 e. The minimum atomic E-state index is -0.329. The van der Waals surface area contributed by atoms with Gasteiger partial charge in [-0.05, 0) is 58.1 Å². The van der Waals surface area contributed by atoms with Gasteiger partial charge in [-0.2, -0.15) is 0 Å². The molecule has 3 heteroatoms. The fraction of sp³-hybridized carbons (Fsp3) is 0.450. The highest BCUT2D eigenvalue weighted by Gasteiger charge is 2.08. The molecule has 0 fully saturated rings. The van der Waals surface area contributed by atoms with Crippen LogP contribution in [0.3, 0.4) is 0 Å². The van der Waals surface area contributed by atoms with Crippen LogP contribution in [0.25, 0.3) is 6.08 Å². The molecule has 0 bridgehead atoms. The molecule has 1 atom stereocenters. The van der Waals surface area contributed by atoms with E-state index in [0.29, 0.717) is 23.7 Å². The molecule has 0 radical (unpaired) electrons.